The molecule has 110 valence electrons. The van der Waals surface area contributed by atoms with Crippen molar-refractivity contribution in [2.24, 2.45) is 16.3 Å². The minimum absolute atomic E-state index is 0.00759. The van der Waals surface area contributed by atoms with Gasteiger partial charge in [-0.05, 0) is 12.8 Å². The zero-order valence-electron chi connectivity index (χ0n) is 12.2. The number of amidine groups is 1. The Hall–Kier alpha value is -0.910. The molecular weight excluding hydrogens is 262 g/mol. The SMILES string of the molecule is CCC(CC)(C(=O)N1CC(C)SC(C)C1)C(N)=NO. The minimum atomic E-state index is -0.865. The molecule has 0 radical (unpaired) electrons. The molecule has 1 aliphatic heterocycles. The number of nitrogens with two attached hydrogens (primary N) is 1. The van der Waals surface area contributed by atoms with Gasteiger partial charge in [0.1, 0.15) is 5.41 Å². The standard InChI is InChI=1S/C13H25N3O2S/c1-5-13(6-2,11(14)15-18)12(17)16-7-9(3)19-10(4)8-16/h9-10,18H,5-8H2,1-4H3,(H2,14,15). The lowest BCUT2D eigenvalue weighted by Gasteiger charge is -2.40. The van der Waals surface area contributed by atoms with E-state index in [-0.39, 0.29) is 11.7 Å². The summed E-state index contributed by atoms with van der Waals surface area (Å²) >= 11 is 1.90. The summed E-state index contributed by atoms with van der Waals surface area (Å²) in [5.74, 6) is 0.0211. The first-order valence-corrected chi connectivity index (χ1v) is 7.78. The van der Waals surface area contributed by atoms with Gasteiger partial charge in [0.05, 0.1) is 0 Å². The molecule has 1 fully saturated rings. The van der Waals surface area contributed by atoms with E-state index < -0.39 is 5.41 Å². The summed E-state index contributed by atoms with van der Waals surface area (Å²) < 4.78 is 0. The van der Waals surface area contributed by atoms with Gasteiger partial charge in [-0.3, -0.25) is 4.79 Å². The fraction of sp³-hybridized carbons (Fsp3) is 0.846. The highest BCUT2D eigenvalue weighted by molar-refractivity contribution is 8.00. The minimum Gasteiger partial charge on any atom is -0.409 e. The van der Waals surface area contributed by atoms with Crippen molar-refractivity contribution in [1.82, 2.24) is 4.90 Å². The molecule has 0 aromatic heterocycles. The molecule has 0 aromatic rings. The van der Waals surface area contributed by atoms with Gasteiger partial charge in [0.15, 0.2) is 5.84 Å². The van der Waals surface area contributed by atoms with E-state index in [1.165, 1.54) is 0 Å². The van der Waals surface area contributed by atoms with E-state index in [1.54, 1.807) is 0 Å². The number of carbonyl (C=O) groups is 1. The number of oxime groups is 1. The third-order valence-corrected chi connectivity index (χ3v) is 5.15. The number of carbonyl (C=O) groups excluding carboxylic acids is 1. The van der Waals surface area contributed by atoms with Crippen LogP contribution in [-0.4, -0.2) is 45.4 Å². The Labute approximate surface area is 119 Å². The van der Waals surface area contributed by atoms with Gasteiger partial charge in [0, 0.05) is 23.6 Å². The Kier molecular flexibility index (Phi) is 5.52. The van der Waals surface area contributed by atoms with Crippen LogP contribution >= 0.6 is 11.8 Å². The van der Waals surface area contributed by atoms with Gasteiger partial charge in [-0.1, -0.05) is 32.9 Å². The average molecular weight is 287 g/mol. The maximum Gasteiger partial charge on any atom is 0.236 e. The van der Waals surface area contributed by atoms with Crippen LogP contribution < -0.4 is 5.73 Å². The first-order valence-electron chi connectivity index (χ1n) is 6.84. The first-order chi connectivity index (χ1) is 8.91. The zero-order valence-corrected chi connectivity index (χ0v) is 13.0. The molecule has 3 N–H and O–H groups in total. The van der Waals surface area contributed by atoms with Crippen LogP contribution in [0.2, 0.25) is 0 Å². The van der Waals surface area contributed by atoms with Gasteiger partial charge in [0.2, 0.25) is 5.91 Å². The lowest BCUT2D eigenvalue weighted by atomic mass is 9.79. The number of thioether (sulfide) groups is 1. The summed E-state index contributed by atoms with van der Waals surface area (Å²) in [7, 11) is 0. The van der Waals surface area contributed by atoms with Gasteiger partial charge >= 0.3 is 0 Å². The van der Waals surface area contributed by atoms with Gasteiger partial charge in [-0.15, -0.1) is 0 Å². The molecule has 1 amide bonds. The number of nitrogens with zero attached hydrogens (tertiary/aromatic N) is 2. The van der Waals surface area contributed by atoms with E-state index in [4.69, 9.17) is 10.9 Å². The lowest BCUT2D eigenvalue weighted by molar-refractivity contribution is -0.139. The van der Waals surface area contributed by atoms with Crippen LogP contribution in [0.3, 0.4) is 0 Å². The van der Waals surface area contributed by atoms with E-state index in [1.807, 2.05) is 30.5 Å². The second-order valence-electron chi connectivity index (χ2n) is 5.24. The fourth-order valence-corrected chi connectivity index (χ4v) is 4.09. The van der Waals surface area contributed by atoms with Crippen LogP contribution in [0.15, 0.2) is 5.16 Å². The summed E-state index contributed by atoms with van der Waals surface area (Å²) in [4.78, 5) is 14.7. The van der Waals surface area contributed by atoms with Crippen molar-refractivity contribution in [2.75, 3.05) is 13.1 Å². The number of amides is 1. The molecule has 0 saturated carbocycles. The third kappa shape index (κ3) is 3.16. The summed E-state index contributed by atoms with van der Waals surface area (Å²) in [6, 6.07) is 0. The topological polar surface area (TPSA) is 78.9 Å². The maximum absolute atomic E-state index is 12.8. The Balaban J connectivity index is 3.00. The fourth-order valence-electron chi connectivity index (χ4n) is 2.77. The Bertz CT molecular complexity index is 346. The Morgan fingerprint density at radius 2 is 1.84 bits per heavy atom. The van der Waals surface area contributed by atoms with Gasteiger partial charge in [-0.2, -0.15) is 11.8 Å². The molecule has 1 aliphatic rings. The molecular formula is C13H25N3O2S. The zero-order chi connectivity index (χ0) is 14.6. The second kappa shape index (κ2) is 6.50. The molecule has 0 bridgehead atoms. The summed E-state index contributed by atoms with van der Waals surface area (Å²) in [6.07, 6.45) is 1.09. The molecule has 19 heavy (non-hydrogen) atoms. The van der Waals surface area contributed by atoms with Crippen LogP contribution in [0.25, 0.3) is 0 Å². The molecule has 0 aliphatic carbocycles. The van der Waals surface area contributed by atoms with Crippen molar-refractivity contribution >= 4 is 23.5 Å². The van der Waals surface area contributed by atoms with Gasteiger partial charge in [0.25, 0.3) is 0 Å². The molecule has 6 heteroatoms. The highest BCUT2D eigenvalue weighted by Gasteiger charge is 2.43. The van der Waals surface area contributed by atoms with Crippen LogP contribution in [0, 0.1) is 5.41 Å². The molecule has 0 aromatic carbocycles. The number of rotatable bonds is 4. The third-order valence-electron chi connectivity index (χ3n) is 3.92. The smallest absolute Gasteiger partial charge is 0.236 e. The van der Waals surface area contributed by atoms with E-state index >= 15 is 0 Å². The quantitative estimate of drug-likeness (QED) is 0.358. The monoisotopic (exact) mass is 287 g/mol. The van der Waals surface area contributed by atoms with Crippen LogP contribution in [0.1, 0.15) is 40.5 Å². The van der Waals surface area contributed by atoms with Crippen LogP contribution in [0.5, 0.6) is 0 Å². The van der Waals surface area contributed by atoms with Gasteiger partial charge < -0.3 is 15.8 Å². The summed E-state index contributed by atoms with van der Waals surface area (Å²) in [5.41, 5.74) is 4.93. The van der Waals surface area contributed by atoms with Crippen molar-refractivity contribution < 1.29 is 10.0 Å². The van der Waals surface area contributed by atoms with E-state index in [0.29, 0.717) is 23.3 Å². The predicted octanol–water partition coefficient (Wildman–Crippen LogP) is 1.89. The maximum atomic E-state index is 12.8. The van der Waals surface area contributed by atoms with Crippen molar-refractivity contribution in [2.45, 2.75) is 51.0 Å². The Morgan fingerprint density at radius 3 is 2.21 bits per heavy atom. The molecule has 2 atom stereocenters. The lowest BCUT2D eigenvalue weighted by Crippen LogP contribution is -2.54. The van der Waals surface area contributed by atoms with Crippen LogP contribution in [-0.2, 0) is 4.79 Å². The molecule has 1 heterocycles. The van der Waals surface area contributed by atoms with Crippen molar-refractivity contribution in [1.29, 1.82) is 0 Å². The summed E-state index contributed by atoms with van der Waals surface area (Å²) in [5, 5.41) is 12.9. The second-order valence-corrected chi connectivity index (χ2v) is 7.12. The normalized spacial score (nSPS) is 25.5. The first kappa shape index (κ1) is 16.1. The molecule has 1 rings (SSSR count). The molecule has 5 nitrogen and oxygen atoms in total. The number of hydrogen-bond donors (Lipinski definition) is 2. The predicted molar refractivity (Wildman–Crippen MR) is 79.5 cm³/mol. The summed E-state index contributed by atoms with van der Waals surface area (Å²) in [6.45, 7) is 9.53. The highest BCUT2D eigenvalue weighted by Crippen LogP contribution is 2.33. The Morgan fingerprint density at radius 1 is 1.37 bits per heavy atom. The number of hydrogen-bond acceptors (Lipinski definition) is 4. The van der Waals surface area contributed by atoms with Gasteiger partial charge in [-0.25, -0.2) is 0 Å². The largest absolute Gasteiger partial charge is 0.409 e. The van der Waals surface area contributed by atoms with E-state index in [0.717, 1.165) is 13.1 Å². The van der Waals surface area contributed by atoms with E-state index in [2.05, 4.69) is 19.0 Å². The molecule has 0 spiro atoms. The van der Waals surface area contributed by atoms with Crippen molar-refractivity contribution in [3.8, 4) is 0 Å². The molecule has 1 saturated heterocycles. The molecule has 2 unspecified atom stereocenters. The average Bonchev–Trinajstić information content (AvgIpc) is 2.39. The van der Waals surface area contributed by atoms with Crippen molar-refractivity contribution in [3.05, 3.63) is 0 Å². The van der Waals surface area contributed by atoms with E-state index in [9.17, 15) is 4.79 Å². The van der Waals surface area contributed by atoms with Crippen molar-refractivity contribution in [3.63, 3.8) is 0 Å². The van der Waals surface area contributed by atoms with Crippen LogP contribution in [0.4, 0.5) is 0 Å². The highest BCUT2D eigenvalue weighted by atomic mass is 32.2.